The molecule has 156 valence electrons. The summed E-state index contributed by atoms with van der Waals surface area (Å²) in [5.41, 5.74) is 1.11. The number of rotatable bonds is 9. The van der Waals surface area contributed by atoms with E-state index in [2.05, 4.69) is 41.8 Å². The van der Waals surface area contributed by atoms with Crippen molar-refractivity contribution in [1.82, 2.24) is 5.32 Å². The molecule has 1 aliphatic rings. The third-order valence-electron chi connectivity index (χ3n) is 5.10. The van der Waals surface area contributed by atoms with E-state index in [1.165, 1.54) is 3.57 Å². The molecule has 29 heavy (non-hydrogen) atoms. The minimum absolute atomic E-state index is 0.107. The molecule has 1 aliphatic carbocycles. The van der Waals surface area contributed by atoms with Crippen LogP contribution in [0.15, 0.2) is 48.5 Å². The second-order valence-corrected chi connectivity index (χ2v) is 9.35. The Morgan fingerprint density at radius 3 is 2.21 bits per heavy atom. The smallest absolute Gasteiger partial charge is 0.323 e. The minimum Gasteiger partial charge on any atom is -0.461 e. The molecule has 0 aromatic heterocycles. The highest BCUT2D eigenvalue weighted by Gasteiger charge is 2.25. The average molecular weight is 503 g/mol. The van der Waals surface area contributed by atoms with Crippen molar-refractivity contribution in [2.24, 2.45) is 5.92 Å². The zero-order valence-electron chi connectivity index (χ0n) is 17.2. The van der Waals surface area contributed by atoms with Gasteiger partial charge in [-0.25, -0.2) is 0 Å². The van der Waals surface area contributed by atoms with Crippen molar-refractivity contribution in [3.8, 4) is 11.5 Å². The largest absolute Gasteiger partial charge is 0.461 e. The van der Waals surface area contributed by atoms with Gasteiger partial charge in [-0.05, 0) is 103 Å². The van der Waals surface area contributed by atoms with Crippen LogP contribution in [0.5, 0.6) is 11.5 Å². The number of hydrogen-bond donors (Lipinski definition) is 1. The fourth-order valence-corrected chi connectivity index (χ4v) is 3.90. The Labute approximate surface area is 187 Å². The van der Waals surface area contributed by atoms with Gasteiger partial charge in [0.25, 0.3) is 0 Å². The molecular weight excluding hydrogens is 473 g/mol. The predicted octanol–water partition coefficient (Wildman–Crippen LogP) is 6.07. The molecule has 5 heteroatoms. The van der Waals surface area contributed by atoms with Crippen molar-refractivity contribution in [2.75, 3.05) is 0 Å². The quantitative estimate of drug-likeness (QED) is 0.333. The van der Waals surface area contributed by atoms with Gasteiger partial charge in [-0.15, -0.1) is 0 Å². The van der Waals surface area contributed by atoms with Crippen molar-refractivity contribution in [3.05, 3.63) is 57.7 Å². The summed E-state index contributed by atoms with van der Waals surface area (Å²) in [5.74, 6) is 1.94. The highest BCUT2D eigenvalue weighted by atomic mass is 123. The van der Waals surface area contributed by atoms with Crippen LogP contribution in [0.25, 0.3) is 0 Å². The molecule has 0 amide bonds. The third-order valence-corrected chi connectivity index (χ3v) is 5.82. The van der Waals surface area contributed by atoms with Crippen LogP contribution in [-0.4, -0.2) is 18.1 Å². The van der Waals surface area contributed by atoms with Crippen LogP contribution in [0, 0.1) is 9.49 Å². The van der Waals surface area contributed by atoms with Gasteiger partial charge in [0.1, 0.15) is 23.6 Å². The van der Waals surface area contributed by atoms with E-state index < -0.39 is 0 Å². The molecule has 1 atom stereocenters. The molecule has 0 unspecified atom stereocenters. The molecule has 2 aromatic carbocycles. The van der Waals surface area contributed by atoms with Crippen LogP contribution < -0.4 is 10.1 Å². The number of carbonyl (C=O) groups excluding carboxylic acids is 1. The first-order valence-corrected chi connectivity index (χ1v) is 11.5. The van der Waals surface area contributed by atoms with Gasteiger partial charge >= 0.3 is 5.97 Å². The topological polar surface area (TPSA) is 47.6 Å². The Bertz CT molecular complexity index is 768. The van der Waals surface area contributed by atoms with Gasteiger partial charge < -0.3 is 14.8 Å². The number of esters is 1. The monoisotopic (exact) mass is 503 g/mol. The van der Waals surface area contributed by atoms with Crippen LogP contribution in [-0.2, 0) is 16.1 Å². The highest BCUT2D eigenvalue weighted by molar-refractivity contribution is 14.1. The van der Waals surface area contributed by atoms with E-state index in [1.807, 2.05) is 48.5 Å². The highest BCUT2D eigenvalue weighted by Crippen LogP contribution is 2.24. The molecule has 2 aromatic rings. The van der Waals surface area contributed by atoms with Gasteiger partial charge in [0.2, 0.25) is 0 Å². The first-order chi connectivity index (χ1) is 14.0. The number of benzene rings is 2. The van der Waals surface area contributed by atoms with Crippen LogP contribution in [0.4, 0.5) is 0 Å². The van der Waals surface area contributed by atoms with E-state index in [9.17, 15) is 4.79 Å². The standard InChI is InChI=1S/C24H30INO3/c1-17(2)15-23(24(27)29-20-5-3-4-6-20)26-16-18-7-11-21(12-8-18)28-22-13-9-19(25)10-14-22/h7-14,17,20,23,26H,3-6,15-16H2,1-2H3/t23-/m0/s1/i25-4. The van der Waals surface area contributed by atoms with Crippen molar-refractivity contribution < 1.29 is 14.3 Å². The molecule has 0 heterocycles. The fourth-order valence-electron chi connectivity index (χ4n) is 3.54. The minimum atomic E-state index is -0.265. The van der Waals surface area contributed by atoms with E-state index in [1.54, 1.807) is 0 Å². The van der Waals surface area contributed by atoms with Crippen LogP contribution >= 0.6 is 22.6 Å². The van der Waals surface area contributed by atoms with E-state index in [4.69, 9.17) is 9.47 Å². The second kappa shape index (κ2) is 11.0. The molecule has 1 saturated carbocycles. The predicted molar refractivity (Wildman–Crippen MR) is 124 cm³/mol. The SMILES string of the molecule is CC(C)C[C@H](NCc1ccc(Oc2ccc([123I])cc2)cc1)C(=O)OC1CCCC1. The lowest BCUT2D eigenvalue weighted by Gasteiger charge is -2.22. The summed E-state index contributed by atoms with van der Waals surface area (Å²) >= 11 is 2.28. The number of ether oxygens (including phenoxy) is 2. The van der Waals surface area contributed by atoms with Crippen LogP contribution in [0.1, 0.15) is 51.5 Å². The number of hydrogen-bond acceptors (Lipinski definition) is 4. The molecule has 0 radical (unpaired) electrons. The Balaban J connectivity index is 1.53. The molecule has 0 saturated heterocycles. The summed E-state index contributed by atoms with van der Waals surface area (Å²) in [6.07, 6.45) is 5.22. The van der Waals surface area contributed by atoms with E-state index >= 15 is 0 Å². The molecule has 0 bridgehead atoms. The first-order valence-electron chi connectivity index (χ1n) is 10.5. The van der Waals surface area contributed by atoms with Crippen LogP contribution in [0.2, 0.25) is 0 Å². The molecular formula is C24H30INO3. The van der Waals surface area contributed by atoms with Gasteiger partial charge in [0.15, 0.2) is 0 Å². The summed E-state index contributed by atoms with van der Waals surface area (Å²) in [6.45, 7) is 4.89. The summed E-state index contributed by atoms with van der Waals surface area (Å²) in [4.78, 5) is 12.6. The summed E-state index contributed by atoms with van der Waals surface area (Å²) < 4.78 is 12.8. The summed E-state index contributed by atoms with van der Waals surface area (Å²) in [5, 5.41) is 3.40. The van der Waals surface area contributed by atoms with Crippen molar-refractivity contribution in [3.63, 3.8) is 0 Å². The average Bonchev–Trinajstić information content (AvgIpc) is 3.21. The number of nitrogens with one attached hydrogen (secondary N) is 1. The second-order valence-electron chi connectivity index (χ2n) is 8.11. The van der Waals surface area contributed by atoms with Gasteiger partial charge in [-0.1, -0.05) is 26.0 Å². The van der Waals surface area contributed by atoms with E-state index in [-0.39, 0.29) is 18.1 Å². The Hall–Kier alpha value is -1.60. The molecule has 1 N–H and O–H groups in total. The Kier molecular flexibility index (Phi) is 8.36. The van der Waals surface area contributed by atoms with E-state index in [0.717, 1.165) is 49.2 Å². The normalized spacial score (nSPS) is 15.4. The number of carbonyl (C=O) groups is 1. The zero-order valence-corrected chi connectivity index (χ0v) is 19.4. The van der Waals surface area contributed by atoms with Crippen molar-refractivity contribution >= 4 is 28.6 Å². The van der Waals surface area contributed by atoms with Crippen LogP contribution in [0.3, 0.4) is 0 Å². The van der Waals surface area contributed by atoms with Crippen molar-refractivity contribution in [1.29, 1.82) is 0 Å². The zero-order chi connectivity index (χ0) is 20.6. The summed E-state index contributed by atoms with van der Waals surface area (Å²) in [7, 11) is 0. The van der Waals surface area contributed by atoms with Gasteiger partial charge in [0.05, 0.1) is 0 Å². The Morgan fingerprint density at radius 1 is 1.03 bits per heavy atom. The van der Waals surface area contributed by atoms with Crippen molar-refractivity contribution in [2.45, 2.75) is 64.6 Å². The number of halogens is 1. The van der Waals surface area contributed by atoms with Gasteiger partial charge in [0, 0.05) is 10.1 Å². The Morgan fingerprint density at radius 2 is 1.62 bits per heavy atom. The third kappa shape index (κ3) is 7.30. The first kappa shape index (κ1) is 22.1. The van der Waals surface area contributed by atoms with Gasteiger partial charge in [-0.2, -0.15) is 0 Å². The molecule has 0 aliphatic heterocycles. The lowest BCUT2D eigenvalue weighted by Crippen LogP contribution is -2.40. The van der Waals surface area contributed by atoms with Gasteiger partial charge in [-0.3, -0.25) is 4.79 Å². The molecule has 4 nitrogen and oxygen atoms in total. The summed E-state index contributed by atoms with van der Waals surface area (Å²) in [6, 6.07) is 15.7. The molecule has 0 spiro atoms. The maximum absolute atomic E-state index is 12.6. The molecule has 1 fully saturated rings. The maximum Gasteiger partial charge on any atom is 0.323 e. The lowest BCUT2D eigenvalue weighted by molar-refractivity contribution is -0.151. The lowest BCUT2D eigenvalue weighted by atomic mass is 10.0. The fraction of sp³-hybridized carbons (Fsp3) is 0.458. The van der Waals surface area contributed by atoms with E-state index in [0.29, 0.717) is 12.5 Å². The molecule has 3 rings (SSSR count). The maximum atomic E-state index is 12.6.